The number of aromatic nitrogens is 2. The van der Waals surface area contributed by atoms with Crippen LogP contribution in [0.5, 0.6) is 0 Å². The first-order valence-electron chi connectivity index (χ1n) is 7.43. The van der Waals surface area contributed by atoms with Crippen molar-refractivity contribution in [2.24, 2.45) is 0 Å². The summed E-state index contributed by atoms with van der Waals surface area (Å²) in [7, 11) is 0. The van der Waals surface area contributed by atoms with Crippen LogP contribution >= 0.6 is 11.8 Å². The van der Waals surface area contributed by atoms with Gasteiger partial charge >= 0.3 is 0 Å². The van der Waals surface area contributed by atoms with Crippen LogP contribution in [0.1, 0.15) is 37.4 Å². The Bertz CT molecular complexity index is 681. The van der Waals surface area contributed by atoms with E-state index in [-0.39, 0.29) is 11.7 Å². The quantitative estimate of drug-likeness (QED) is 0.909. The van der Waals surface area contributed by atoms with Crippen molar-refractivity contribution in [3.8, 4) is 5.69 Å². The predicted octanol–water partition coefficient (Wildman–Crippen LogP) is 3.89. The molecule has 3 rings (SSSR count). The smallest absolute Gasteiger partial charge is 0.225 e. The zero-order chi connectivity index (χ0) is 15.5. The van der Waals surface area contributed by atoms with Crippen LogP contribution in [0.15, 0.2) is 24.3 Å². The van der Waals surface area contributed by atoms with E-state index in [1.54, 1.807) is 28.6 Å². The highest BCUT2D eigenvalue weighted by Crippen LogP contribution is 2.36. The van der Waals surface area contributed by atoms with Gasteiger partial charge in [-0.1, -0.05) is 13.3 Å². The lowest BCUT2D eigenvalue weighted by atomic mass is 10.2. The average Bonchev–Trinajstić information content (AvgIpc) is 3.09. The van der Waals surface area contributed by atoms with E-state index < -0.39 is 0 Å². The summed E-state index contributed by atoms with van der Waals surface area (Å²) in [5, 5.41) is 7.58. The molecule has 0 spiro atoms. The SMILES string of the molecule is CCCCC(=O)Nc1c2c(nn1-c1ccc(F)cc1)CSC2. The molecule has 1 aliphatic rings. The van der Waals surface area contributed by atoms with E-state index in [9.17, 15) is 9.18 Å². The predicted molar refractivity (Wildman–Crippen MR) is 86.7 cm³/mol. The van der Waals surface area contributed by atoms with Crippen LogP contribution < -0.4 is 5.32 Å². The van der Waals surface area contributed by atoms with Crippen molar-refractivity contribution in [3.63, 3.8) is 0 Å². The normalized spacial score (nSPS) is 13.2. The van der Waals surface area contributed by atoms with Gasteiger partial charge in [0.1, 0.15) is 11.6 Å². The van der Waals surface area contributed by atoms with Crippen molar-refractivity contribution in [3.05, 3.63) is 41.3 Å². The number of carbonyl (C=O) groups is 1. The molecule has 1 amide bonds. The highest BCUT2D eigenvalue weighted by Gasteiger charge is 2.24. The van der Waals surface area contributed by atoms with Crippen LogP contribution in [-0.4, -0.2) is 15.7 Å². The number of thioether (sulfide) groups is 1. The Hall–Kier alpha value is -1.82. The molecule has 1 N–H and O–H groups in total. The lowest BCUT2D eigenvalue weighted by Gasteiger charge is -2.11. The molecule has 2 aromatic rings. The first-order valence-corrected chi connectivity index (χ1v) is 8.59. The van der Waals surface area contributed by atoms with Crippen molar-refractivity contribution in [1.82, 2.24) is 9.78 Å². The molecule has 0 saturated heterocycles. The molecule has 0 unspecified atom stereocenters. The Morgan fingerprint density at radius 3 is 2.86 bits per heavy atom. The fraction of sp³-hybridized carbons (Fsp3) is 0.375. The van der Waals surface area contributed by atoms with E-state index in [2.05, 4.69) is 17.3 Å². The van der Waals surface area contributed by atoms with E-state index in [0.717, 1.165) is 47.1 Å². The molecule has 1 aliphatic heterocycles. The number of amides is 1. The van der Waals surface area contributed by atoms with Crippen LogP contribution in [0.2, 0.25) is 0 Å². The lowest BCUT2D eigenvalue weighted by molar-refractivity contribution is -0.116. The third-order valence-electron chi connectivity index (χ3n) is 3.64. The number of benzene rings is 1. The number of carbonyl (C=O) groups excluding carboxylic acids is 1. The topological polar surface area (TPSA) is 46.9 Å². The maximum absolute atomic E-state index is 13.1. The van der Waals surface area contributed by atoms with Crippen LogP contribution in [0.3, 0.4) is 0 Å². The molecule has 0 saturated carbocycles. The van der Waals surface area contributed by atoms with Gasteiger partial charge in [0, 0.05) is 23.5 Å². The number of hydrogen-bond donors (Lipinski definition) is 1. The van der Waals surface area contributed by atoms with Crippen LogP contribution in [0, 0.1) is 5.82 Å². The number of anilines is 1. The highest BCUT2D eigenvalue weighted by molar-refractivity contribution is 7.98. The van der Waals surface area contributed by atoms with Gasteiger partial charge in [-0.3, -0.25) is 4.79 Å². The van der Waals surface area contributed by atoms with Gasteiger partial charge in [0.25, 0.3) is 0 Å². The molecule has 0 atom stereocenters. The molecule has 2 heterocycles. The van der Waals surface area contributed by atoms with E-state index in [1.165, 1.54) is 12.1 Å². The molecule has 22 heavy (non-hydrogen) atoms. The van der Waals surface area contributed by atoms with E-state index in [4.69, 9.17) is 0 Å². The first kappa shape index (κ1) is 15.1. The molecule has 1 aromatic carbocycles. The number of unbranched alkanes of at least 4 members (excludes halogenated alkanes) is 1. The van der Waals surface area contributed by atoms with Gasteiger partial charge in [0.2, 0.25) is 5.91 Å². The Kier molecular flexibility index (Phi) is 4.47. The zero-order valence-corrected chi connectivity index (χ0v) is 13.3. The minimum absolute atomic E-state index is 0.00446. The Labute approximate surface area is 133 Å². The zero-order valence-electron chi connectivity index (χ0n) is 12.4. The summed E-state index contributed by atoms with van der Waals surface area (Å²) >= 11 is 1.79. The Balaban J connectivity index is 1.93. The summed E-state index contributed by atoms with van der Waals surface area (Å²) in [4.78, 5) is 12.1. The molecule has 1 aromatic heterocycles. The van der Waals surface area contributed by atoms with Crippen LogP contribution in [-0.2, 0) is 16.3 Å². The van der Waals surface area contributed by atoms with Crippen molar-refractivity contribution in [1.29, 1.82) is 0 Å². The number of nitrogens with zero attached hydrogens (tertiary/aromatic N) is 2. The fourth-order valence-corrected chi connectivity index (χ4v) is 3.48. The Morgan fingerprint density at radius 2 is 2.14 bits per heavy atom. The van der Waals surface area contributed by atoms with Crippen LogP contribution in [0.4, 0.5) is 10.2 Å². The van der Waals surface area contributed by atoms with Gasteiger partial charge < -0.3 is 5.32 Å². The standard InChI is InChI=1S/C16H18FN3OS/c1-2-3-4-15(21)18-16-13-9-22-10-14(13)19-20(16)12-7-5-11(17)6-8-12/h5-8H,2-4,9-10H2,1H3,(H,18,21). The van der Waals surface area contributed by atoms with Crippen molar-refractivity contribution in [2.45, 2.75) is 37.7 Å². The summed E-state index contributed by atoms with van der Waals surface area (Å²) in [5.74, 6) is 2.14. The minimum atomic E-state index is -0.285. The number of halogens is 1. The van der Waals surface area contributed by atoms with E-state index >= 15 is 0 Å². The largest absolute Gasteiger partial charge is 0.310 e. The molecule has 0 bridgehead atoms. The summed E-state index contributed by atoms with van der Waals surface area (Å²) < 4.78 is 14.8. The second kappa shape index (κ2) is 6.52. The second-order valence-corrected chi connectivity index (χ2v) is 6.29. The average molecular weight is 319 g/mol. The molecule has 116 valence electrons. The van der Waals surface area contributed by atoms with E-state index in [1.807, 2.05) is 0 Å². The van der Waals surface area contributed by atoms with E-state index in [0.29, 0.717) is 6.42 Å². The van der Waals surface area contributed by atoms with Crippen molar-refractivity contribution in [2.75, 3.05) is 5.32 Å². The monoisotopic (exact) mass is 319 g/mol. The molecular weight excluding hydrogens is 301 g/mol. The lowest BCUT2D eigenvalue weighted by Crippen LogP contribution is -2.15. The maximum atomic E-state index is 13.1. The third kappa shape index (κ3) is 3.02. The highest BCUT2D eigenvalue weighted by atomic mass is 32.2. The number of hydrogen-bond acceptors (Lipinski definition) is 3. The summed E-state index contributed by atoms with van der Waals surface area (Å²) in [6, 6.07) is 6.15. The number of nitrogens with one attached hydrogen (secondary N) is 1. The molecule has 4 nitrogen and oxygen atoms in total. The van der Waals surface area contributed by atoms with Crippen LogP contribution in [0.25, 0.3) is 5.69 Å². The van der Waals surface area contributed by atoms with Gasteiger partial charge in [-0.2, -0.15) is 16.9 Å². The summed E-state index contributed by atoms with van der Waals surface area (Å²) in [5.41, 5.74) is 2.84. The molecule has 0 fully saturated rings. The summed E-state index contributed by atoms with van der Waals surface area (Å²) in [6.07, 6.45) is 2.36. The molecule has 0 radical (unpaired) electrons. The molecular formula is C16H18FN3OS. The van der Waals surface area contributed by atoms with Gasteiger partial charge in [-0.25, -0.2) is 9.07 Å². The minimum Gasteiger partial charge on any atom is -0.310 e. The third-order valence-corrected chi connectivity index (χ3v) is 4.61. The molecule has 6 heteroatoms. The maximum Gasteiger partial charge on any atom is 0.225 e. The van der Waals surface area contributed by atoms with Gasteiger partial charge in [0.15, 0.2) is 0 Å². The first-order chi connectivity index (χ1) is 10.7. The van der Waals surface area contributed by atoms with Gasteiger partial charge in [0.05, 0.1) is 11.4 Å². The van der Waals surface area contributed by atoms with Gasteiger partial charge in [-0.15, -0.1) is 0 Å². The number of fused-ring (bicyclic) bond motifs is 1. The van der Waals surface area contributed by atoms with Crippen molar-refractivity contribution >= 4 is 23.5 Å². The summed E-state index contributed by atoms with van der Waals surface area (Å²) in [6.45, 7) is 2.06. The molecule has 0 aliphatic carbocycles. The fourth-order valence-electron chi connectivity index (χ4n) is 2.44. The Morgan fingerprint density at radius 1 is 1.36 bits per heavy atom. The van der Waals surface area contributed by atoms with Crippen molar-refractivity contribution < 1.29 is 9.18 Å². The second-order valence-electron chi connectivity index (χ2n) is 5.31. The number of rotatable bonds is 5. The van der Waals surface area contributed by atoms with Gasteiger partial charge in [-0.05, 0) is 30.7 Å².